The molecular weight excluding hydrogens is 427 g/mol. The van der Waals surface area contributed by atoms with Crippen molar-refractivity contribution in [3.05, 3.63) is 35.5 Å². The monoisotopic (exact) mass is 451 g/mol. The lowest BCUT2D eigenvalue weighted by molar-refractivity contribution is -0.137. The number of halogens is 3. The first-order chi connectivity index (χ1) is 14.5. The van der Waals surface area contributed by atoms with Crippen LogP contribution in [0.15, 0.2) is 29.2 Å². The number of anilines is 3. The number of hydrogen-bond acceptors (Lipinski definition) is 6. The van der Waals surface area contributed by atoms with Crippen LogP contribution in [-0.4, -0.2) is 47.3 Å². The third-order valence-electron chi connectivity index (χ3n) is 5.89. The number of alkyl halides is 3. The molecule has 2 aliphatic rings. The first kappa shape index (κ1) is 21.7. The van der Waals surface area contributed by atoms with Gasteiger partial charge in [0, 0.05) is 30.3 Å². The number of amides is 1. The van der Waals surface area contributed by atoms with Crippen LogP contribution in [0.2, 0.25) is 0 Å². The molecule has 1 amide bonds. The summed E-state index contributed by atoms with van der Waals surface area (Å²) in [7, 11) is 3.59. The molecule has 1 atom stereocenters. The highest BCUT2D eigenvalue weighted by molar-refractivity contribution is 8.00. The molecule has 0 saturated heterocycles. The molecule has 31 heavy (non-hydrogen) atoms. The smallest absolute Gasteiger partial charge is 0.351 e. The number of carbonyl (C=O) groups excluding carboxylic acids is 1. The molecule has 2 heterocycles. The van der Waals surface area contributed by atoms with E-state index in [0.717, 1.165) is 47.1 Å². The fourth-order valence-corrected chi connectivity index (χ4v) is 5.21. The summed E-state index contributed by atoms with van der Waals surface area (Å²) < 4.78 is 38.1. The largest absolute Gasteiger partial charge is 0.416 e. The first-order valence-corrected chi connectivity index (χ1v) is 10.9. The molecule has 1 saturated carbocycles. The lowest BCUT2D eigenvalue weighted by Crippen LogP contribution is -2.50. The number of nitrogens with one attached hydrogen (secondary N) is 1. The van der Waals surface area contributed by atoms with Crippen LogP contribution >= 0.6 is 11.8 Å². The Balaban J connectivity index is 1.38. The standard InChI is InChI=1S/C21H24F3N5OS/c1-11-17-18(28(3)12(2)19(30)29(17)4)27-20(25-11)26-14-9-16(10-14)31-15-7-5-13(6-8-15)21(22,23)24/h5-8,12,14,16H,9-10H2,1-4H3,(H,25,26,27)/t12-,14?,16?/m0/s1. The number of aryl methyl sites for hydroxylation is 1. The predicted molar refractivity (Wildman–Crippen MR) is 116 cm³/mol. The van der Waals surface area contributed by atoms with Crippen molar-refractivity contribution in [1.82, 2.24) is 9.97 Å². The second-order valence-corrected chi connectivity index (χ2v) is 9.44. The van der Waals surface area contributed by atoms with Crippen LogP contribution in [0.3, 0.4) is 0 Å². The van der Waals surface area contributed by atoms with E-state index in [0.29, 0.717) is 11.2 Å². The fraction of sp³-hybridized carbons (Fsp3) is 0.476. The minimum Gasteiger partial charge on any atom is -0.351 e. The topological polar surface area (TPSA) is 61.4 Å². The van der Waals surface area contributed by atoms with E-state index in [2.05, 4.69) is 15.3 Å². The normalized spacial score (nSPS) is 23.5. The maximum absolute atomic E-state index is 12.7. The van der Waals surface area contributed by atoms with Gasteiger partial charge in [0.15, 0.2) is 5.82 Å². The molecule has 1 aliphatic heterocycles. The lowest BCUT2D eigenvalue weighted by atomic mass is 9.92. The number of fused-ring (bicyclic) bond motifs is 1. The van der Waals surface area contributed by atoms with Crippen LogP contribution in [0.5, 0.6) is 0 Å². The Morgan fingerprint density at radius 2 is 1.77 bits per heavy atom. The van der Waals surface area contributed by atoms with Gasteiger partial charge in [-0.3, -0.25) is 4.79 Å². The Labute approximate surface area is 183 Å². The molecule has 1 aromatic heterocycles. The molecule has 10 heteroatoms. The Hall–Kier alpha value is -2.49. The van der Waals surface area contributed by atoms with Gasteiger partial charge < -0.3 is 15.1 Å². The first-order valence-electron chi connectivity index (χ1n) is 10.0. The van der Waals surface area contributed by atoms with Gasteiger partial charge in [-0.15, -0.1) is 11.8 Å². The number of nitrogens with zero attached hydrogens (tertiary/aromatic N) is 4. The SMILES string of the molecule is Cc1nc(NC2CC(Sc3ccc(C(F)(F)F)cc3)C2)nc2c1N(C)C(=O)[C@H](C)N2C. The van der Waals surface area contributed by atoms with Crippen LogP contribution in [0, 0.1) is 6.92 Å². The van der Waals surface area contributed by atoms with E-state index < -0.39 is 11.7 Å². The minimum absolute atomic E-state index is 0.00420. The maximum atomic E-state index is 12.7. The van der Waals surface area contributed by atoms with E-state index in [1.807, 2.05) is 25.8 Å². The molecular formula is C21H24F3N5OS. The summed E-state index contributed by atoms with van der Waals surface area (Å²) in [5, 5.41) is 3.69. The van der Waals surface area contributed by atoms with Gasteiger partial charge in [0.05, 0.1) is 11.3 Å². The zero-order chi connectivity index (χ0) is 22.5. The molecule has 0 radical (unpaired) electrons. The molecule has 0 unspecified atom stereocenters. The zero-order valence-corrected chi connectivity index (χ0v) is 18.5. The summed E-state index contributed by atoms with van der Waals surface area (Å²) in [6, 6.07) is 5.21. The number of benzene rings is 1. The van der Waals surface area contributed by atoms with Gasteiger partial charge >= 0.3 is 6.18 Å². The average molecular weight is 452 g/mol. The van der Waals surface area contributed by atoms with E-state index in [4.69, 9.17) is 0 Å². The number of rotatable bonds is 4. The van der Waals surface area contributed by atoms with Gasteiger partial charge in [0.25, 0.3) is 0 Å². The lowest BCUT2D eigenvalue weighted by Gasteiger charge is -2.38. The van der Waals surface area contributed by atoms with Crippen LogP contribution < -0.4 is 15.1 Å². The summed E-state index contributed by atoms with van der Waals surface area (Å²) in [6.45, 7) is 3.71. The van der Waals surface area contributed by atoms with E-state index >= 15 is 0 Å². The molecule has 1 N–H and O–H groups in total. The van der Waals surface area contributed by atoms with Crippen molar-refractivity contribution < 1.29 is 18.0 Å². The molecule has 0 bridgehead atoms. The molecule has 6 nitrogen and oxygen atoms in total. The highest BCUT2D eigenvalue weighted by Crippen LogP contribution is 2.40. The quantitative estimate of drug-likeness (QED) is 0.746. The van der Waals surface area contributed by atoms with Gasteiger partial charge in [-0.05, 0) is 51.0 Å². The zero-order valence-electron chi connectivity index (χ0n) is 17.7. The highest BCUT2D eigenvalue weighted by atomic mass is 32.2. The molecule has 2 aromatic rings. The predicted octanol–water partition coefficient (Wildman–Crippen LogP) is 4.34. The Kier molecular flexibility index (Phi) is 5.53. The van der Waals surface area contributed by atoms with Crippen molar-refractivity contribution in [1.29, 1.82) is 0 Å². The molecule has 166 valence electrons. The highest BCUT2D eigenvalue weighted by Gasteiger charge is 2.36. The third-order valence-corrected chi connectivity index (χ3v) is 7.15. The molecule has 1 fully saturated rings. The second kappa shape index (κ2) is 7.89. The van der Waals surface area contributed by atoms with Crippen molar-refractivity contribution >= 4 is 35.1 Å². The Morgan fingerprint density at radius 3 is 2.39 bits per heavy atom. The van der Waals surface area contributed by atoms with Crippen LogP contribution in [-0.2, 0) is 11.0 Å². The van der Waals surface area contributed by atoms with E-state index in [-0.39, 0.29) is 18.0 Å². The summed E-state index contributed by atoms with van der Waals surface area (Å²) >= 11 is 1.59. The van der Waals surface area contributed by atoms with Gasteiger partial charge in [0.1, 0.15) is 11.7 Å². The van der Waals surface area contributed by atoms with Crippen molar-refractivity contribution in [2.45, 2.75) is 55.1 Å². The molecule has 4 rings (SSSR count). The molecule has 1 aliphatic carbocycles. The number of likely N-dealkylation sites (N-methyl/N-ethyl adjacent to an activating group) is 2. The van der Waals surface area contributed by atoms with E-state index in [1.54, 1.807) is 23.7 Å². The summed E-state index contributed by atoms with van der Waals surface area (Å²) in [5.74, 6) is 1.25. The molecule has 0 spiro atoms. The van der Waals surface area contributed by atoms with E-state index in [9.17, 15) is 18.0 Å². The average Bonchev–Trinajstić information content (AvgIpc) is 2.68. The van der Waals surface area contributed by atoms with Crippen LogP contribution in [0.4, 0.5) is 30.6 Å². The van der Waals surface area contributed by atoms with Crippen molar-refractivity contribution in [3.8, 4) is 0 Å². The Morgan fingerprint density at radius 1 is 1.13 bits per heavy atom. The van der Waals surface area contributed by atoms with Gasteiger partial charge in [-0.2, -0.15) is 18.2 Å². The molecule has 1 aromatic carbocycles. The number of hydrogen-bond donors (Lipinski definition) is 1. The van der Waals surface area contributed by atoms with Crippen molar-refractivity contribution in [3.63, 3.8) is 0 Å². The summed E-state index contributed by atoms with van der Waals surface area (Å²) in [4.78, 5) is 25.9. The van der Waals surface area contributed by atoms with Crippen molar-refractivity contribution in [2.24, 2.45) is 0 Å². The fourth-order valence-electron chi connectivity index (χ4n) is 3.87. The second-order valence-electron chi connectivity index (χ2n) is 8.06. The van der Waals surface area contributed by atoms with Gasteiger partial charge in [0.2, 0.25) is 11.9 Å². The van der Waals surface area contributed by atoms with Gasteiger partial charge in [-0.1, -0.05) is 0 Å². The minimum atomic E-state index is -4.31. The van der Waals surface area contributed by atoms with Gasteiger partial charge in [-0.25, -0.2) is 4.98 Å². The number of aromatic nitrogens is 2. The number of carbonyl (C=O) groups is 1. The third kappa shape index (κ3) is 4.17. The summed E-state index contributed by atoms with van der Waals surface area (Å²) in [6.07, 6.45) is -2.57. The van der Waals surface area contributed by atoms with Crippen molar-refractivity contribution in [2.75, 3.05) is 29.2 Å². The van der Waals surface area contributed by atoms with Crippen LogP contribution in [0.25, 0.3) is 0 Å². The summed E-state index contributed by atoms with van der Waals surface area (Å²) in [5.41, 5.74) is 0.828. The van der Waals surface area contributed by atoms with Crippen LogP contribution in [0.1, 0.15) is 31.0 Å². The number of thioether (sulfide) groups is 1. The van der Waals surface area contributed by atoms with E-state index in [1.165, 1.54) is 12.1 Å². The Bertz CT molecular complexity index is 992. The maximum Gasteiger partial charge on any atom is 0.416 e.